The van der Waals surface area contributed by atoms with E-state index in [0.29, 0.717) is 5.16 Å². The molecule has 0 bridgehead atoms. The van der Waals surface area contributed by atoms with E-state index in [2.05, 4.69) is 15.0 Å². The number of aromatic amines is 1. The van der Waals surface area contributed by atoms with Gasteiger partial charge in [0, 0.05) is 23.4 Å². The van der Waals surface area contributed by atoms with Crippen molar-refractivity contribution in [1.29, 1.82) is 0 Å². The first-order chi connectivity index (χ1) is 11.5. The van der Waals surface area contributed by atoms with E-state index >= 15 is 0 Å². The average Bonchev–Trinajstić information content (AvgIpc) is 3.01. The van der Waals surface area contributed by atoms with Gasteiger partial charge in [0.2, 0.25) is 0 Å². The average molecular weight is 390 g/mol. The summed E-state index contributed by atoms with van der Waals surface area (Å²) in [7, 11) is 1.91. The number of benzene rings is 1. The maximum absolute atomic E-state index is 12.7. The van der Waals surface area contributed by atoms with Gasteiger partial charge < -0.3 is 22.8 Å². The zero-order chi connectivity index (χ0) is 17.3. The van der Waals surface area contributed by atoms with E-state index < -0.39 is 10.8 Å². The Balaban J connectivity index is 0. The molecule has 0 radical (unpaired) electrons. The summed E-state index contributed by atoms with van der Waals surface area (Å²) in [5, 5.41) is 0.430. The molecular formula is C17H23MgN3O4S. The molecule has 0 amide bonds. The minimum absolute atomic E-state index is 0. The molecular weight excluding hydrogens is 367 g/mol. The largest absolute Gasteiger partial charge is 2.00 e. The maximum atomic E-state index is 12.7. The smallest absolute Gasteiger partial charge is 1.00 e. The fourth-order valence-electron chi connectivity index (χ4n) is 2.61. The van der Waals surface area contributed by atoms with E-state index in [1.165, 1.54) is 0 Å². The minimum atomic E-state index is -1.33. The molecule has 2 heterocycles. The van der Waals surface area contributed by atoms with Crippen molar-refractivity contribution < 1.29 is 22.0 Å². The Labute approximate surface area is 173 Å². The molecule has 0 aliphatic carbocycles. The minimum Gasteiger partial charge on any atom is -1.00 e. The number of fused-ring (bicyclic) bond motifs is 1. The molecule has 0 aliphatic rings. The van der Waals surface area contributed by atoms with Gasteiger partial charge in [-0.05, 0) is 26.0 Å². The molecule has 0 unspecified atom stereocenters. The van der Waals surface area contributed by atoms with E-state index in [4.69, 9.17) is 9.47 Å². The summed E-state index contributed by atoms with van der Waals surface area (Å²) in [6, 6.07) is 5.50. The molecule has 9 heteroatoms. The quantitative estimate of drug-likeness (QED) is 0.670. The second kappa shape index (κ2) is 9.31. The monoisotopic (exact) mass is 389 g/mol. The first-order valence-electron chi connectivity index (χ1n) is 7.44. The van der Waals surface area contributed by atoms with Crippen LogP contribution >= 0.6 is 0 Å². The van der Waals surface area contributed by atoms with Crippen molar-refractivity contribution in [2.45, 2.75) is 24.8 Å². The molecule has 7 nitrogen and oxygen atoms in total. The third-order valence-electron chi connectivity index (χ3n) is 3.90. The first-order valence-corrected chi connectivity index (χ1v) is 8.76. The van der Waals surface area contributed by atoms with Crippen molar-refractivity contribution >= 4 is 44.9 Å². The predicted octanol–water partition coefficient (Wildman–Crippen LogP) is 1.92. The van der Waals surface area contributed by atoms with Gasteiger partial charge in [0.05, 0.1) is 47.5 Å². The Morgan fingerprint density at radius 1 is 1.23 bits per heavy atom. The number of nitrogens with one attached hydrogen (secondary N) is 1. The van der Waals surface area contributed by atoms with Crippen molar-refractivity contribution in [2.24, 2.45) is 0 Å². The van der Waals surface area contributed by atoms with Gasteiger partial charge in [-0.3, -0.25) is 9.19 Å². The van der Waals surface area contributed by atoms with Crippen LogP contribution in [0.25, 0.3) is 11.0 Å². The molecule has 3 aromatic rings. The Bertz CT molecular complexity index is 940. The molecule has 1 atom stereocenters. The summed E-state index contributed by atoms with van der Waals surface area (Å²) in [4.78, 5) is 11.9. The summed E-state index contributed by atoms with van der Waals surface area (Å²) in [6.45, 7) is 3.86. The molecule has 1 aromatic carbocycles. The number of aryl methyl sites for hydroxylation is 1. The van der Waals surface area contributed by atoms with Gasteiger partial charge in [-0.15, -0.1) is 0 Å². The Hall–Kier alpha value is -1.68. The summed E-state index contributed by atoms with van der Waals surface area (Å²) < 4.78 is 23.3. The topological polar surface area (TPSA) is 109 Å². The van der Waals surface area contributed by atoms with Crippen molar-refractivity contribution in [3.63, 3.8) is 0 Å². The van der Waals surface area contributed by atoms with Crippen molar-refractivity contribution in [3.05, 3.63) is 41.2 Å². The number of imidazole rings is 1. The van der Waals surface area contributed by atoms with Gasteiger partial charge in [-0.1, -0.05) is 0 Å². The van der Waals surface area contributed by atoms with E-state index in [0.717, 1.165) is 39.4 Å². The van der Waals surface area contributed by atoms with Crippen molar-refractivity contribution in [1.82, 2.24) is 15.0 Å². The van der Waals surface area contributed by atoms with Gasteiger partial charge >= 0.3 is 23.1 Å². The summed E-state index contributed by atoms with van der Waals surface area (Å²) in [6.07, 6.45) is 1.74. The van der Waals surface area contributed by atoms with Crippen molar-refractivity contribution in [3.8, 4) is 11.5 Å². The zero-order valence-electron chi connectivity index (χ0n) is 17.3. The van der Waals surface area contributed by atoms with E-state index in [1.54, 1.807) is 20.4 Å². The number of pyridine rings is 1. The van der Waals surface area contributed by atoms with Gasteiger partial charge in [-0.25, -0.2) is 4.98 Å². The molecule has 2 aromatic heterocycles. The number of aromatic nitrogens is 3. The summed E-state index contributed by atoms with van der Waals surface area (Å²) >= 11 is 0. The maximum Gasteiger partial charge on any atom is 2.00 e. The third-order valence-corrected chi connectivity index (χ3v) is 5.06. The third kappa shape index (κ3) is 4.34. The van der Waals surface area contributed by atoms with Gasteiger partial charge in [-0.2, -0.15) is 0 Å². The normalized spacial score (nSPS) is 11.4. The fourth-order valence-corrected chi connectivity index (χ4v) is 3.71. The van der Waals surface area contributed by atoms with E-state index in [9.17, 15) is 4.21 Å². The van der Waals surface area contributed by atoms with E-state index in [-0.39, 0.29) is 37.1 Å². The molecule has 138 valence electrons. The van der Waals surface area contributed by atoms with Gasteiger partial charge in [0.25, 0.3) is 0 Å². The molecule has 0 fully saturated rings. The number of methoxy groups -OCH3 is 2. The number of hydrogen-bond donors (Lipinski definition) is 1. The van der Waals surface area contributed by atoms with Gasteiger partial charge in [0.1, 0.15) is 11.5 Å². The number of rotatable bonds is 5. The molecule has 3 rings (SSSR count). The molecule has 26 heavy (non-hydrogen) atoms. The zero-order valence-corrected chi connectivity index (χ0v) is 17.5. The summed E-state index contributed by atoms with van der Waals surface area (Å²) in [5.41, 5.74) is 4.16. The first kappa shape index (κ1) is 22.4. The van der Waals surface area contributed by atoms with Gasteiger partial charge in [0.15, 0.2) is 5.16 Å². The summed E-state index contributed by atoms with van der Waals surface area (Å²) in [5.74, 6) is 1.79. The van der Waals surface area contributed by atoms with E-state index in [1.807, 2.05) is 32.0 Å². The van der Waals surface area contributed by atoms with Crippen LogP contribution < -0.4 is 9.47 Å². The van der Waals surface area contributed by atoms with Crippen LogP contribution in [0.5, 0.6) is 11.5 Å². The second-order valence-corrected chi connectivity index (χ2v) is 6.83. The van der Waals surface area contributed by atoms with Crippen molar-refractivity contribution in [2.75, 3.05) is 14.2 Å². The molecule has 0 spiro atoms. The Morgan fingerprint density at radius 2 is 1.96 bits per heavy atom. The standard InChI is InChI=1S/C17H19N3O3S.Mg.H2O.2H/c1-10-8-18-15(11(2)16(10)23-4)9-24(21)17-19-13-6-5-12(22-3)7-14(13)20-17;;;;/h5-8H,9H2,1-4H3,(H,19,20);;1H2;;/q;+2;;2*-1/t24-;;;;/m0..../s1. The number of nitrogens with zero attached hydrogens (tertiary/aromatic N) is 2. The molecule has 0 saturated heterocycles. The number of hydrogen-bond acceptors (Lipinski definition) is 5. The number of H-pyrrole nitrogens is 1. The van der Waals surface area contributed by atoms with Crippen LogP contribution in [0, 0.1) is 13.8 Å². The predicted molar refractivity (Wildman–Crippen MR) is 105 cm³/mol. The molecule has 3 N–H and O–H groups in total. The van der Waals surface area contributed by atoms with Crippen LogP contribution in [-0.4, -0.2) is 61.9 Å². The molecule has 0 saturated carbocycles. The Kier molecular flexibility index (Phi) is 8.01. The van der Waals surface area contributed by atoms with Crippen LogP contribution in [-0.2, 0) is 16.6 Å². The van der Waals surface area contributed by atoms with Crippen LogP contribution in [0.4, 0.5) is 0 Å². The Morgan fingerprint density at radius 3 is 2.62 bits per heavy atom. The number of ether oxygens (including phenoxy) is 2. The van der Waals surface area contributed by atoms with Crippen LogP contribution in [0.1, 0.15) is 19.7 Å². The fraction of sp³-hybridized carbons (Fsp3) is 0.294. The van der Waals surface area contributed by atoms with Crippen LogP contribution in [0.2, 0.25) is 0 Å². The van der Waals surface area contributed by atoms with Crippen LogP contribution in [0.15, 0.2) is 29.6 Å². The second-order valence-electron chi connectivity index (χ2n) is 5.46. The van der Waals surface area contributed by atoms with Crippen LogP contribution in [0.3, 0.4) is 0 Å². The SMILES string of the molecule is COc1ccc2nc([S@@](=O)Cc3ncc(C)c(OC)c3C)[nH]c2c1.O.[H-].[H-].[Mg+2]. The molecule has 0 aliphatic heterocycles.